The molecule has 1 aromatic carbocycles. The number of carbonyl (C=O) groups excluding carboxylic acids is 2. The molecule has 0 spiro atoms. The van der Waals surface area contributed by atoms with E-state index >= 15 is 0 Å². The van der Waals surface area contributed by atoms with Crippen LogP contribution in [0.5, 0.6) is 0 Å². The standard InChI is InChI=1S/C20H21N3O3S2/c1-13-2-4-15-16(10-13)22-20(21-15)27-12-17(24)18-5-3-14(28-18)11-19(25)23-6-8-26-9-7-23/h2-5,10H,6-9,11-12H2,1H3,(H,21,22). The third kappa shape index (κ3) is 4.45. The summed E-state index contributed by atoms with van der Waals surface area (Å²) in [7, 11) is 0. The Bertz CT molecular complexity index is 1010. The minimum absolute atomic E-state index is 0.0525. The van der Waals surface area contributed by atoms with E-state index in [4.69, 9.17) is 4.74 Å². The van der Waals surface area contributed by atoms with Gasteiger partial charge in [-0.05, 0) is 36.8 Å². The Morgan fingerprint density at radius 3 is 2.89 bits per heavy atom. The Labute approximate surface area is 171 Å². The van der Waals surface area contributed by atoms with Gasteiger partial charge in [-0.15, -0.1) is 11.3 Å². The molecule has 0 atom stereocenters. The Morgan fingerprint density at radius 2 is 2.07 bits per heavy atom. The average molecular weight is 416 g/mol. The molecule has 146 valence electrons. The van der Waals surface area contributed by atoms with Crippen LogP contribution in [-0.2, 0) is 16.0 Å². The third-order valence-corrected chi connectivity index (χ3v) is 6.58. The molecule has 0 unspecified atom stereocenters. The van der Waals surface area contributed by atoms with Crippen LogP contribution < -0.4 is 0 Å². The van der Waals surface area contributed by atoms with Crippen molar-refractivity contribution in [3.63, 3.8) is 0 Å². The molecule has 0 saturated carbocycles. The number of nitrogens with one attached hydrogen (secondary N) is 1. The predicted octanol–water partition coefficient (Wildman–Crippen LogP) is 3.31. The van der Waals surface area contributed by atoms with Gasteiger partial charge in [-0.25, -0.2) is 4.98 Å². The fraction of sp³-hybridized carbons (Fsp3) is 0.350. The van der Waals surface area contributed by atoms with Crippen molar-refractivity contribution in [3.05, 3.63) is 45.6 Å². The second-order valence-corrected chi connectivity index (χ2v) is 8.84. The van der Waals surface area contributed by atoms with Crippen LogP contribution in [0.25, 0.3) is 11.0 Å². The number of Topliss-reactive ketones (excluding diaryl/α,β-unsaturated/α-hetero) is 1. The van der Waals surface area contributed by atoms with Gasteiger partial charge >= 0.3 is 0 Å². The Morgan fingerprint density at radius 1 is 1.25 bits per heavy atom. The highest BCUT2D eigenvalue weighted by molar-refractivity contribution is 7.99. The first-order chi connectivity index (χ1) is 13.6. The first-order valence-electron chi connectivity index (χ1n) is 9.15. The van der Waals surface area contributed by atoms with E-state index in [2.05, 4.69) is 9.97 Å². The number of thioether (sulfide) groups is 1. The summed E-state index contributed by atoms with van der Waals surface area (Å²) in [6.07, 6.45) is 0.341. The monoisotopic (exact) mass is 415 g/mol. The summed E-state index contributed by atoms with van der Waals surface area (Å²) in [6, 6.07) is 9.74. The second kappa shape index (κ2) is 8.46. The molecule has 1 aliphatic rings. The molecule has 0 aliphatic carbocycles. The summed E-state index contributed by atoms with van der Waals surface area (Å²) in [5.74, 6) is 0.462. The van der Waals surface area contributed by atoms with Crippen LogP contribution in [0.2, 0.25) is 0 Å². The quantitative estimate of drug-likeness (QED) is 0.494. The maximum Gasteiger partial charge on any atom is 0.227 e. The largest absolute Gasteiger partial charge is 0.378 e. The number of hydrogen-bond acceptors (Lipinski definition) is 6. The van der Waals surface area contributed by atoms with Gasteiger partial charge in [0.25, 0.3) is 0 Å². The predicted molar refractivity (Wildman–Crippen MR) is 111 cm³/mol. The average Bonchev–Trinajstić information content (AvgIpc) is 3.33. The molecule has 6 nitrogen and oxygen atoms in total. The van der Waals surface area contributed by atoms with Crippen molar-refractivity contribution in [1.82, 2.24) is 14.9 Å². The van der Waals surface area contributed by atoms with Crippen LogP contribution in [0.4, 0.5) is 0 Å². The van der Waals surface area contributed by atoms with E-state index in [0.29, 0.717) is 43.4 Å². The lowest BCUT2D eigenvalue weighted by Crippen LogP contribution is -2.41. The highest BCUT2D eigenvalue weighted by Gasteiger charge is 2.19. The van der Waals surface area contributed by atoms with Crippen LogP contribution in [0, 0.1) is 6.92 Å². The minimum Gasteiger partial charge on any atom is -0.378 e. The van der Waals surface area contributed by atoms with Crippen LogP contribution in [0.15, 0.2) is 35.5 Å². The van der Waals surface area contributed by atoms with Gasteiger partial charge in [-0.1, -0.05) is 17.8 Å². The minimum atomic E-state index is 0.0525. The van der Waals surface area contributed by atoms with E-state index < -0.39 is 0 Å². The summed E-state index contributed by atoms with van der Waals surface area (Å²) >= 11 is 2.81. The fourth-order valence-corrected chi connectivity index (χ4v) is 4.87. The zero-order valence-electron chi connectivity index (χ0n) is 15.6. The van der Waals surface area contributed by atoms with Gasteiger partial charge in [-0.3, -0.25) is 9.59 Å². The zero-order valence-corrected chi connectivity index (χ0v) is 17.2. The number of rotatable bonds is 6. The number of benzene rings is 1. The lowest BCUT2D eigenvalue weighted by Gasteiger charge is -2.26. The number of carbonyl (C=O) groups is 2. The van der Waals surface area contributed by atoms with Crippen molar-refractivity contribution in [1.29, 1.82) is 0 Å². The van der Waals surface area contributed by atoms with E-state index in [1.54, 1.807) is 0 Å². The van der Waals surface area contributed by atoms with E-state index in [1.807, 2.05) is 42.2 Å². The molecule has 0 bridgehead atoms. The summed E-state index contributed by atoms with van der Waals surface area (Å²) in [4.78, 5) is 36.1. The molecule has 2 aromatic heterocycles. The van der Waals surface area contributed by atoms with Crippen molar-refractivity contribution in [2.24, 2.45) is 0 Å². The van der Waals surface area contributed by atoms with Gasteiger partial charge in [0.15, 0.2) is 10.9 Å². The maximum atomic E-state index is 12.5. The summed E-state index contributed by atoms with van der Waals surface area (Å²) < 4.78 is 5.28. The number of aromatic amines is 1. The second-order valence-electron chi connectivity index (χ2n) is 6.71. The van der Waals surface area contributed by atoms with Crippen LogP contribution in [0.3, 0.4) is 0 Å². The number of ketones is 1. The molecule has 0 radical (unpaired) electrons. The van der Waals surface area contributed by atoms with Gasteiger partial charge < -0.3 is 14.6 Å². The first-order valence-corrected chi connectivity index (χ1v) is 11.0. The molecule has 1 amide bonds. The summed E-state index contributed by atoms with van der Waals surface area (Å²) in [6.45, 7) is 4.51. The van der Waals surface area contributed by atoms with Gasteiger partial charge in [0.1, 0.15) is 0 Å². The van der Waals surface area contributed by atoms with Gasteiger partial charge in [0, 0.05) is 18.0 Å². The summed E-state index contributed by atoms with van der Waals surface area (Å²) in [5, 5.41) is 0.744. The number of nitrogens with zero attached hydrogens (tertiary/aromatic N) is 2. The molecule has 1 N–H and O–H groups in total. The third-order valence-electron chi connectivity index (χ3n) is 4.58. The van der Waals surface area contributed by atoms with Crippen LogP contribution >= 0.6 is 23.1 Å². The highest BCUT2D eigenvalue weighted by Crippen LogP contribution is 2.24. The fourth-order valence-electron chi connectivity index (χ4n) is 3.07. The number of aryl methyl sites for hydroxylation is 1. The number of fused-ring (bicyclic) bond motifs is 1. The molecule has 3 aromatic rings. The number of hydrogen-bond donors (Lipinski definition) is 1. The topological polar surface area (TPSA) is 75.3 Å². The van der Waals surface area contributed by atoms with Crippen molar-refractivity contribution in [3.8, 4) is 0 Å². The number of morpholine rings is 1. The van der Waals surface area contributed by atoms with Crippen molar-refractivity contribution >= 4 is 45.8 Å². The Balaban J connectivity index is 1.34. The Hall–Kier alpha value is -2.16. The number of H-pyrrole nitrogens is 1. The number of imidazole rings is 1. The van der Waals surface area contributed by atoms with Crippen LogP contribution in [-0.4, -0.2) is 58.6 Å². The Kier molecular flexibility index (Phi) is 5.79. The molecule has 4 rings (SSSR count). The van der Waals surface area contributed by atoms with Crippen molar-refractivity contribution in [2.75, 3.05) is 32.1 Å². The molecule has 1 aliphatic heterocycles. The van der Waals surface area contributed by atoms with Crippen molar-refractivity contribution in [2.45, 2.75) is 18.5 Å². The number of ether oxygens (including phenoxy) is 1. The molecule has 1 saturated heterocycles. The van der Waals surface area contributed by atoms with Crippen LogP contribution in [0.1, 0.15) is 20.1 Å². The number of amides is 1. The van der Waals surface area contributed by atoms with Crippen molar-refractivity contribution < 1.29 is 14.3 Å². The van der Waals surface area contributed by atoms with Gasteiger partial charge in [-0.2, -0.15) is 0 Å². The van der Waals surface area contributed by atoms with Gasteiger partial charge in [0.2, 0.25) is 5.91 Å². The zero-order chi connectivity index (χ0) is 19.5. The smallest absolute Gasteiger partial charge is 0.227 e. The van der Waals surface area contributed by atoms with E-state index in [0.717, 1.165) is 21.1 Å². The van der Waals surface area contributed by atoms with E-state index in [1.165, 1.54) is 28.7 Å². The highest BCUT2D eigenvalue weighted by atomic mass is 32.2. The SMILES string of the molecule is Cc1ccc2nc(SCC(=O)c3ccc(CC(=O)N4CCOCC4)s3)[nH]c2c1. The number of aromatic nitrogens is 2. The molecule has 8 heteroatoms. The van der Waals surface area contributed by atoms with E-state index in [-0.39, 0.29) is 11.7 Å². The summed E-state index contributed by atoms with van der Waals surface area (Å²) in [5.41, 5.74) is 3.05. The molecule has 1 fully saturated rings. The number of thiophene rings is 1. The molecular weight excluding hydrogens is 394 g/mol. The van der Waals surface area contributed by atoms with Gasteiger partial charge in [0.05, 0.1) is 41.3 Å². The molecular formula is C20H21N3O3S2. The lowest BCUT2D eigenvalue weighted by molar-refractivity contribution is -0.134. The maximum absolute atomic E-state index is 12.5. The molecule has 28 heavy (non-hydrogen) atoms. The lowest BCUT2D eigenvalue weighted by atomic mass is 10.2. The van der Waals surface area contributed by atoms with E-state index in [9.17, 15) is 9.59 Å². The first kappa shape index (κ1) is 19.2. The normalized spacial score (nSPS) is 14.5. The molecule has 3 heterocycles.